The number of carbonyl (C=O) groups excluding carboxylic acids is 1. The van der Waals surface area contributed by atoms with Crippen LogP contribution in [0.5, 0.6) is 17.2 Å². The number of likely N-dealkylation sites (tertiary alicyclic amines) is 1. The zero-order valence-electron chi connectivity index (χ0n) is 23.0. The lowest BCUT2D eigenvalue weighted by atomic mass is 9.79. The van der Waals surface area contributed by atoms with Gasteiger partial charge in [-0.3, -0.25) is 9.69 Å². The van der Waals surface area contributed by atoms with Crippen molar-refractivity contribution in [2.24, 2.45) is 17.0 Å². The number of carboxylic acids is 1. The highest BCUT2D eigenvalue weighted by molar-refractivity contribution is 8.03. The van der Waals surface area contributed by atoms with Crippen LogP contribution in [0.15, 0.2) is 22.7 Å². The largest absolute Gasteiger partial charge is 0.496 e. The number of nitrogens with zero attached hydrogens (tertiary/aromatic N) is 2. The van der Waals surface area contributed by atoms with Crippen LogP contribution in [0.25, 0.3) is 0 Å². The van der Waals surface area contributed by atoms with Gasteiger partial charge in [0.15, 0.2) is 0 Å². The maximum absolute atomic E-state index is 12.7. The molecular weight excluding hydrogens is 564 g/mol. The fourth-order valence-electron chi connectivity index (χ4n) is 5.94. The summed E-state index contributed by atoms with van der Waals surface area (Å²) in [5.74, 6) is -0.867. The quantitative estimate of drug-likeness (QED) is 0.243. The summed E-state index contributed by atoms with van der Waals surface area (Å²) in [6.07, 6.45) is -0.365. The molecule has 1 aromatic rings. The Labute approximate surface area is 237 Å². The van der Waals surface area contributed by atoms with Crippen LogP contribution in [0.2, 0.25) is 0 Å². The monoisotopic (exact) mass is 600 g/mol. The Kier molecular flexibility index (Phi) is 8.92. The number of aliphatic carboxylic acids is 1. The maximum atomic E-state index is 12.7. The number of nitrogens with one attached hydrogen (secondary N) is 1. The van der Waals surface area contributed by atoms with Gasteiger partial charge in [0.2, 0.25) is 5.91 Å². The number of aliphatic hydroxyl groups excluding tert-OH is 1. The number of fused-ring (bicyclic) bond motifs is 1. The zero-order chi connectivity index (χ0) is 29.5. The van der Waals surface area contributed by atoms with E-state index in [1.807, 2.05) is 6.92 Å². The predicted octanol–water partition coefficient (Wildman–Crippen LogP) is 0.335. The number of β-lactam (4-membered cyclic amide) rings is 1. The van der Waals surface area contributed by atoms with Gasteiger partial charge in [-0.15, -0.1) is 11.8 Å². The number of hydrogen-bond acceptors (Lipinski definition) is 10. The molecule has 2 saturated heterocycles. The minimum Gasteiger partial charge on any atom is -0.496 e. The summed E-state index contributed by atoms with van der Waals surface area (Å²) in [6, 6.07) is 2.79. The molecule has 0 bridgehead atoms. The number of carbonyl (C=O) groups is 2. The topological polar surface area (TPSA) is 181 Å². The number of benzene rings is 1. The van der Waals surface area contributed by atoms with Gasteiger partial charge in [0, 0.05) is 53.9 Å². The Morgan fingerprint density at radius 1 is 1.23 bits per heavy atom. The van der Waals surface area contributed by atoms with E-state index in [4.69, 9.17) is 19.3 Å². The second kappa shape index (κ2) is 11.7. The SMILES string of the molecule is COc1cc(OC)c(CN2C[C@@H](SC3=C(C(=O)O)N4C(=O)[C@H]([C@@H](C)O)[C@H]4[C@H]3C)C[C@H]2CNS(N)(=O)=O)c(OC)c1. The molecule has 3 aliphatic rings. The summed E-state index contributed by atoms with van der Waals surface area (Å²) in [5.41, 5.74) is 0.701. The van der Waals surface area contributed by atoms with Crippen molar-refractivity contribution in [1.82, 2.24) is 14.5 Å². The van der Waals surface area contributed by atoms with Crippen LogP contribution in [0.1, 0.15) is 25.8 Å². The van der Waals surface area contributed by atoms with Gasteiger partial charge in [-0.1, -0.05) is 6.92 Å². The molecule has 40 heavy (non-hydrogen) atoms. The van der Waals surface area contributed by atoms with Gasteiger partial charge in [-0.2, -0.15) is 8.42 Å². The Bertz CT molecular complexity index is 1280. The first-order chi connectivity index (χ1) is 18.8. The van der Waals surface area contributed by atoms with E-state index in [-0.39, 0.29) is 35.4 Å². The van der Waals surface area contributed by atoms with E-state index in [1.165, 1.54) is 44.9 Å². The van der Waals surface area contributed by atoms with Gasteiger partial charge in [0.1, 0.15) is 22.9 Å². The lowest BCUT2D eigenvalue weighted by molar-refractivity contribution is -0.163. The van der Waals surface area contributed by atoms with Crippen LogP contribution in [0.3, 0.4) is 0 Å². The van der Waals surface area contributed by atoms with Crippen molar-refractivity contribution >= 4 is 33.8 Å². The third kappa shape index (κ3) is 5.76. The average molecular weight is 601 g/mol. The van der Waals surface area contributed by atoms with Crippen LogP contribution in [0, 0.1) is 11.8 Å². The Balaban J connectivity index is 1.62. The van der Waals surface area contributed by atoms with Crippen molar-refractivity contribution in [3.05, 3.63) is 28.3 Å². The van der Waals surface area contributed by atoms with Gasteiger partial charge in [-0.25, -0.2) is 14.7 Å². The molecule has 6 atom stereocenters. The van der Waals surface area contributed by atoms with E-state index < -0.39 is 34.2 Å². The molecule has 4 rings (SSSR count). The molecule has 0 saturated carbocycles. The summed E-state index contributed by atoms with van der Waals surface area (Å²) in [6.45, 7) is 4.30. The van der Waals surface area contributed by atoms with Gasteiger partial charge in [-0.05, 0) is 13.3 Å². The van der Waals surface area contributed by atoms with Gasteiger partial charge in [0.05, 0.1) is 45.0 Å². The highest BCUT2D eigenvalue weighted by atomic mass is 32.2. The second-order valence-corrected chi connectivity index (χ2v) is 13.0. The fraction of sp³-hybridized carbons (Fsp3) is 0.600. The van der Waals surface area contributed by atoms with Crippen LogP contribution in [-0.4, -0.2) is 98.2 Å². The molecule has 0 unspecified atom stereocenters. The van der Waals surface area contributed by atoms with Gasteiger partial charge in [0.25, 0.3) is 10.2 Å². The first kappa shape index (κ1) is 30.4. The average Bonchev–Trinajstić information content (AvgIpc) is 3.38. The summed E-state index contributed by atoms with van der Waals surface area (Å²) < 4.78 is 42.3. The standard InChI is InChI=1S/C25H36N4O9S2/c1-12-21-20(13(2)30)24(31)29(21)22(25(32)33)23(12)39-16-6-14(9-27-40(26,34)35)28(10-16)11-17-18(37-4)7-15(36-3)8-19(17)38-5/h7-8,12-14,16,20-21,27,30H,6,9-11H2,1-5H3,(H,32,33)(H2,26,34,35)/t12-,13-,14+,16+,20-,21-/m1/s1. The van der Waals surface area contributed by atoms with Crippen molar-refractivity contribution in [3.8, 4) is 17.2 Å². The van der Waals surface area contributed by atoms with E-state index in [0.29, 0.717) is 41.7 Å². The second-order valence-electron chi connectivity index (χ2n) is 10.2. The molecule has 2 fully saturated rings. The molecule has 0 spiro atoms. The molecule has 5 N–H and O–H groups in total. The molecule has 222 valence electrons. The van der Waals surface area contributed by atoms with Crippen LogP contribution in [-0.2, 0) is 26.3 Å². The van der Waals surface area contributed by atoms with E-state index in [0.717, 1.165) is 5.56 Å². The Hall–Kier alpha value is -2.56. The number of thioether (sulfide) groups is 1. The van der Waals surface area contributed by atoms with Crippen molar-refractivity contribution in [1.29, 1.82) is 0 Å². The summed E-state index contributed by atoms with van der Waals surface area (Å²) in [7, 11) is 0.664. The number of rotatable bonds is 12. The minimum absolute atomic E-state index is 0.0412. The fourth-order valence-corrected chi connectivity index (χ4v) is 7.96. The zero-order valence-corrected chi connectivity index (χ0v) is 24.6. The molecule has 3 heterocycles. The van der Waals surface area contributed by atoms with E-state index in [2.05, 4.69) is 9.62 Å². The lowest BCUT2D eigenvalue weighted by Gasteiger charge is -2.46. The predicted molar refractivity (Wildman–Crippen MR) is 147 cm³/mol. The highest BCUT2D eigenvalue weighted by Gasteiger charge is 2.60. The van der Waals surface area contributed by atoms with Crippen molar-refractivity contribution in [3.63, 3.8) is 0 Å². The normalized spacial score (nSPS) is 27.4. The first-order valence-corrected chi connectivity index (χ1v) is 15.2. The first-order valence-electron chi connectivity index (χ1n) is 12.8. The number of hydrogen-bond donors (Lipinski definition) is 4. The Morgan fingerprint density at radius 3 is 2.35 bits per heavy atom. The van der Waals surface area contributed by atoms with E-state index in [1.54, 1.807) is 12.1 Å². The molecule has 3 aliphatic heterocycles. The number of methoxy groups -OCH3 is 3. The number of nitrogens with two attached hydrogens (primary N) is 1. The van der Waals surface area contributed by atoms with Crippen molar-refractivity contribution in [2.75, 3.05) is 34.4 Å². The van der Waals surface area contributed by atoms with Gasteiger partial charge < -0.3 is 29.3 Å². The number of ether oxygens (including phenoxy) is 3. The maximum Gasteiger partial charge on any atom is 0.353 e. The third-order valence-corrected chi connectivity index (χ3v) is 9.86. The van der Waals surface area contributed by atoms with E-state index in [9.17, 15) is 28.2 Å². The number of aliphatic hydroxyl groups is 1. The van der Waals surface area contributed by atoms with Crippen LogP contribution in [0.4, 0.5) is 0 Å². The molecule has 1 aromatic carbocycles. The van der Waals surface area contributed by atoms with Crippen molar-refractivity contribution < 1.29 is 42.4 Å². The van der Waals surface area contributed by atoms with Crippen LogP contribution >= 0.6 is 11.8 Å². The van der Waals surface area contributed by atoms with Crippen LogP contribution < -0.4 is 24.1 Å². The lowest BCUT2D eigenvalue weighted by Crippen LogP contribution is -2.63. The molecule has 1 amide bonds. The minimum atomic E-state index is -3.94. The highest BCUT2D eigenvalue weighted by Crippen LogP contribution is 2.52. The van der Waals surface area contributed by atoms with E-state index >= 15 is 0 Å². The third-order valence-electron chi connectivity index (χ3n) is 7.79. The molecule has 0 radical (unpaired) electrons. The molecular formula is C25H36N4O9S2. The summed E-state index contributed by atoms with van der Waals surface area (Å²) in [4.78, 5) is 28.9. The molecule has 13 nitrogen and oxygen atoms in total. The molecule has 0 aliphatic carbocycles. The van der Waals surface area contributed by atoms with Crippen molar-refractivity contribution in [2.45, 2.75) is 50.3 Å². The molecule has 15 heteroatoms. The molecule has 0 aromatic heterocycles. The smallest absolute Gasteiger partial charge is 0.353 e. The number of amides is 1. The Morgan fingerprint density at radius 2 is 1.85 bits per heavy atom. The number of carboxylic acid groups (broad SMARTS) is 1. The summed E-state index contributed by atoms with van der Waals surface area (Å²) >= 11 is 1.39. The van der Waals surface area contributed by atoms with Gasteiger partial charge >= 0.3 is 5.97 Å². The summed E-state index contributed by atoms with van der Waals surface area (Å²) in [5, 5.41) is 25.2.